The summed E-state index contributed by atoms with van der Waals surface area (Å²) in [6.07, 6.45) is 3.61. The lowest BCUT2D eigenvalue weighted by molar-refractivity contribution is 0.0994. The van der Waals surface area contributed by atoms with Crippen molar-refractivity contribution in [1.82, 2.24) is 10.2 Å². The maximum absolute atomic E-state index is 10.9. The lowest BCUT2D eigenvalue weighted by Gasteiger charge is -2.32. The van der Waals surface area contributed by atoms with Crippen molar-refractivity contribution in [3.63, 3.8) is 0 Å². The molecule has 0 spiro atoms. The fourth-order valence-corrected chi connectivity index (χ4v) is 2.81. The molecule has 1 aromatic heterocycles. The number of hydrogen-bond donors (Lipinski definition) is 2. The summed E-state index contributed by atoms with van der Waals surface area (Å²) in [5.74, 6) is 1.65. The summed E-state index contributed by atoms with van der Waals surface area (Å²) in [6, 6.07) is 3.81. The van der Waals surface area contributed by atoms with Crippen LogP contribution in [-0.2, 0) is 0 Å². The molecule has 2 rings (SSSR count). The van der Waals surface area contributed by atoms with Gasteiger partial charge in [-0.2, -0.15) is 0 Å². The van der Waals surface area contributed by atoms with Gasteiger partial charge in [0.15, 0.2) is 5.69 Å². The molecule has 5 nitrogen and oxygen atoms in total. The Morgan fingerprint density at radius 2 is 1.89 bits per heavy atom. The number of nitrogens with one attached hydrogen (secondary N) is 1. The number of carbonyl (C=O) groups excluding carboxylic acids is 1. The van der Waals surface area contributed by atoms with E-state index in [0.29, 0.717) is 11.9 Å². The first-order chi connectivity index (χ1) is 8.54. The Morgan fingerprint density at radius 1 is 1.22 bits per heavy atom. The molecular weight excluding hydrogens is 228 g/mol. The van der Waals surface area contributed by atoms with E-state index in [4.69, 9.17) is 5.73 Å². The van der Waals surface area contributed by atoms with Crippen LogP contribution in [0, 0.1) is 11.8 Å². The fraction of sp³-hybridized carbons (Fsp3) is 0.615. The van der Waals surface area contributed by atoms with Crippen LogP contribution >= 0.6 is 0 Å². The van der Waals surface area contributed by atoms with Gasteiger partial charge in [-0.15, -0.1) is 10.2 Å². The maximum Gasteiger partial charge on any atom is 0.269 e. The van der Waals surface area contributed by atoms with Crippen molar-refractivity contribution in [3.8, 4) is 0 Å². The summed E-state index contributed by atoms with van der Waals surface area (Å²) in [6.45, 7) is 4.57. The van der Waals surface area contributed by atoms with Gasteiger partial charge in [-0.1, -0.05) is 13.8 Å². The average molecular weight is 248 g/mol. The molecule has 1 aliphatic carbocycles. The zero-order chi connectivity index (χ0) is 13.1. The van der Waals surface area contributed by atoms with Crippen LogP contribution in [0.2, 0.25) is 0 Å². The quantitative estimate of drug-likeness (QED) is 0.854. The van der Waals surface area contributed by atoms with E-state index >= 15 is 0 Å². The number of nitrogens with two attached hydrogens (primary N) is 1. The first-order valence-corrected chi connectivity index (χ1v) is 6.44. The van der Waals surface area contributed by atoms with Crippen molar-refractivity contribution in [1.29, 1.82) is 0 Å². The van der Waals surface area contributed by atoms with Crippen molar-refractivity contribution in [2.75, 3.05) is 5.32 Å². The van der Waals surface area contributed by atoms with Gasteiger partial charge in [0.05, 0.1) is 0 Å². The standard InChI is InChI=1S/C13H20N4O/c1-8-5-9(2)7-10(6-8)15-12-4-3-11(13(14)18)16-17-12/h3-4,8-10H,5-7H2,1-2H3,(H2,14,18)(H,15,17). The molecule has 0 aromatic carbocycles. The summed E-state index contributed by atoms with van der Waals surface area (Å²) >= 11 is 0. The van der Waals surface area contributed by atoms with E-state index in [1.54, 1.807) is 12.1 Å². The van der Waals surface area contributed by atoms with E-state index in [1.165, 1.54) is 6.42 Å². The molecule has 0 bridgehead atoms. The number of rotatable bonds is 3. The van der Waals surface area contributed by atoms with Crippen molar-refractivity contribution in [2.45, 2.75) is 39.2 Å². The molecule has 1 aliphatic rings. The zero-order valence-electron chi connectivity index (χ0n) is 10.9. The van der Waals surface area contributed by atoms with Gasteiger partial charge in [0.2, 0.25) is 0 Å². The molecule has 1 aromatic rings. The second-order valence-electron chi connectivity index (χ2n) is 5.43. The van der Waals surface area contributed by atoms with Gasteiger partial charge in [-0.25, -0.2) is 0 Å². The number of amides is 1. The molecule has 5 heteroatoms. The van der Waals surface area contributed by atoms with E-state index in [9.17, 15) is 4.79 Å². The van der Waals surface area contributed by atoms with Crippen LogP contribution in [0.4, 0.5) is 5.82 Å². The van der Waals surface area contributed by atoms with Crippen molar-refractivity contribution in [2.24, 2.45) is 17.6 Å². The molecule has 98 valence electrons. The van der Waals surface area contributed by atoms with Crippen molar-refractivity contribution < 1.29 is 4.79 Å². The average Bonchev–Trinajstić information content (AvgIpc) is 2.28. The molecule has 0 saturated heterocycles. The van der Waals surface area contributed by atoms with Gasteiger partial charge in [-0.05, 0) is 43.2 Å². The molecule has 3 N–H and O–H groups in total. The van der Waals surface area contributed by atoms with Crippen LogP contribution in [0.15, 0.2) is 12.1 Å². The van der Waals surface area contributed by atoms with E-state index in [1.807, 2.05) is 0 Å². The highest BCUT2D eigenvalue weighted by Gasteiger charge is 2.24. The largest absolute Gasteiger partial charge is 0.366 e. The molecule has 2 atom stereocenters. The molecule has 1 heterocycles. The number of hydrogen-bond acceptors (Lipinski definition) is 4. The lowest BCUT2D eigenvalue weighted by Crippen LogP contribution is -2.30. The first-order valence-electron chi connectivity index (χ1n) is 6.44. The second-order valence-corrected chi connectivity index (χ2v) is 5.43. The van der Waals surface area contributed by atoms with Gasteiger partial charge in [0.1, 0.15) is 5.82 Å². The molecule has 18 heavy (non-hydrogen) atoms. The Balaban J connectivity index is 1.98. The lowest BCUT2D eigenvalue weighted by atomic mass is 9.80. The van der Waals surface area contributed by atoms with Crippen molar-refractivity contribution >= 4 is 11.7 Å². The van der Waals surface area contributed by atoms with Crippen LogP contribution < -0.4 is 11.1 Å². The van der Waals surface area contributed by atoms with Crippen LogP contribution in [0.3, 0.4) is 0 Å². The number of anilines is 1. The smallest absolute Gasteiger partial charge is 0.269 e. The van der Waals surface area contributed by atoms with E-state index in [2.05, 4.69) is 29.4 Å². The van der Waals surface area contributed by atoms with E-state index in [-0.39, 0.29) is 5.69 Å². The number of carbonyl (C=O) groups is 1. The third kappa shape index (κ3) is 3.18. The molecule has 2 unspecified atom stereocenters. The van der Waals surface area contributed by atoms with Gasteiger partial charge < -0.3 is 11.1 Å². The first kappa shape index (κ1) is 12.8. The fourth-order valence-electron chi connectivity index (χ4n) is 2.81. The summed E-state index contributed by atoms with van der Waals surface area (Å²) in [4.78, 5) is 10.9. The number of nitrogens with zero attached hydrogens (tertiary/aromatic N) is 2. The maximum atomic E-state index is 10.9. The third-order valence-corrected chi connectivity index (χ3v) is 3.45. The minimum absolute atomic E-state index is 0.200. The minimum Gasteiger partial charge on any atom is -0.366 e. The Hall–Kier alpha value is -1.65. The Morgan fingerprint density at radius 3 is 2.39 bits per heavy atom. The third-order valence-electron chi connectivity index (χ3n) is 3.45. The summed E-state index contributed by atoms with van der Waals surface area (Å²) < 4.78 is 0. The molecule has 1 amide bonds. The number of aromatic nitrogens is 2. The Kier molecular flexibility index (Phi) is 3.79. The van der Waals surface area contributed by atoms with Gasteiger partial charge in [0, 0.05) is 6.04 Å². The summed E-state index contributed by atoms with van der Waals surface area (Å²) in [5.41, 5.74) is 5.32. The van der Waals surface area contributed by atoms with Crippen LogP contribution in [-0.4, -0.2) is 22.1 Å². The van der Waals surface area contributed by atoms with Crippen molar-refractivity contribution in [3.05, 3.63) is 17.8 Å². The van der Waals surface area contributed by atoms with E-state index in [0.717, 1.165) is 24.7 Å². The predicted octanol–water partition coefficient (Wildman–Crippen LogP) is 1.81. The highest BCUT2D eigenvalue weighted by atomic mass is 16.1. The summed E-state index contributed by atoms with van der Waals surface area (Å²) in [5, 5.41) is 11.2. The highest BCUT2D eigenvalue weighted by Crippen LogP contribution is 2.29. The normalized spacial score (nSPS) is 27.8. The van der Waals surface area contributed by atoms with Gasteiger partial charge in [-0.3, -0.25) is 4.79 Å². The van der Waals surface area contributed by atoms with E-state index < -0.39 is 5.91 Å². The monoisotopic (exact) mass is 248 g/mol. The predicted molar refractivity (Wildman–Crippen MR) is 70.1 cm³/mol. The second kappa shape index (κ2) is 5.33. The van der Waals surface area contributed by atoms with Gasteiger partial charge >= 0.3 is 0 Å². The Bertz CT molecular complexity index is 408. The zero-order valence-corrected chi connectivity index (χ0v) is 10.9. The Labute approximate surface area is 107 Å². The van der Waals surface area contributed by atoms with Crippen LogP contribution in [0.1, 0.15) is 43.6 Å². The molecule has 1 saturated carbocycles. The molecular formula is C13H20N4O. The minimum atomic E-state index is -0.547. The SMILES string of the molecule is CC1CC(C)CC(Nc2ccc(C(N)=O)nn2)C1. The summed E-state index contributed by atoms with van der Waals surface area (Å²) in [7, 11) is 0. The molecule has 0 radical (unpaired) electrons. The van der Waals surface area contributed by atoms with Crippen LogP contribution in [0.25, 0.3) is 0 Å². The van der Waals surface area contributed by atoms with Gasteiger partial charge in [0.25, 0.3) is 5.91 Å². The topological polar surface area (TPSA) is 80.9 Å². The highest BCUT2D eigenvalue weighted by molar-refractivity contribution is 5.90. The molecule has 0 aliphatic heterocycles. The van der Waals surface area contributed by atoms with Crippen LogP contribution in [0.5, 0.6) is 0 Å². The number of primary amides is 1. The molecule has 1 fully saturated rings.